The fourth-order valence-corrected chi connectivity index (χ4v) is 2.18. The summed E-state index contributed by atoms with van der Waals surface area (Å²) in [6.07, 6.45) is 2.51. The molecule has 6 N–H and O–H groups in total. The molecule has 0 saturated carbocycles. The van der Waals surface area contributed by atoms with Crippen LogP contribution in [0, 0.1) is 0 Å². The Morgan fingerprint density at radius 2 is 1.65 bits per heavy atom. The summed E-state index contributed by atoms with van der Waals surface area (Å²) in [7, 11) is 0. The number of halogens is 1. The molecule has 148 valence electrons. The highest BCUT2D eigenvalue weighted by Crippen LogP contribution is 2.20. The molecule has 0 radical (unpaired) electrons. The van der Waals surface area contributed by atoms with Crippen LogP contribution in [0.15, 0.2) is 24.3 Å². The van der Waals surface area contributed by atoms with Crippen LogP contribution in [0.3, 0.4) is 0 Å². The molecular weight excluding hydrogens is 339 g/mol. The van der Waals surface area contributed by atoms with E-state index < -0.39 is 29.6 Å². The molecule has 0 spiro atoms. The van der Waals surface area contributed by atoms with Gasteiger partial charge in [-0.3, -0.25) is 9.59 Å². The summed E-state index contributed by atoms with van der Waals surface area (Å²) >= 11 is 0. The molecule has 26 heavy (non-hydrogen) atoms. The number of aliphatic carboxylic acids is 2. The lowest BCUT2D eigenvalue weighted by Gasteiger charge is -2.14. The topological polar surface area (TPSA) is 127 Å². The second-order valence-corrected chi connectivity index (χ2v) is 6.93. The molecule has 0 aliphatic rings. The lowest BCUT2D eigenvalue weighted by atomic mass is 9.96. The zero-order valence-electron chi connectivity index (χ0n) is 15.7. The maximum Gasteiger partial charge on any atom is 0.320 e. The van der Waals surface area contributed by atoms with Gasteiger partial charge in [-0.25, -0.2) is 4.39 Å². The predicted molar refractivity (Wildman–Crippen MR) is 99.9 cm³/mol. The lowest BCUT2D eigenvalue weighted by molar-refractivity contribution is -0.139. The second kappa shape index (κ2) is 11.6. The van der Waals surface area contributed by atoms with Gasteiger partial charge in [0.15, 0.2) is 0 Å². The van der Waals surface area contributed by atoms with Crippen molar-refractivity contribution < 1.29 is 24.2 Å². The van der Waals surface area contributed by atoms with Crippen molar-refractivity contribution >= 4 is 11.9 Å². The quantitative estimate of drug-likeness (QED) is 0.495. The predicted octanol–water partition coefficient (Wildman–Crippen LogP) is 2.69. The molecule has 2 atom stereocenters. The van der Waals surface area contributed by atoms with Crippen LogP contribution < -0.4 is 11.5 Å². The number of carboxylic acids is 2. The van der Waals surface area contributed by atoms with Crippen molar-refractivity contribution in [1.29, 1.82) is 0 Å². The number of alkyl halides is 1. The Kier molecular flexibility index (Phi) is 10.7. The van der Waals surface area contributed by atoms with Gasteiger partial charge in [0.25, 0.3) is 0 Å². The van der Waals surface area contributed by atoms with E-state index in [9.17, 15) is 14.0 Å². The molecule has 6 nitrogen and oxygen atoms in total. The zero-order valence-corrected chi connectivity index (χ0v) is 15.7. The molecule has 0 aromatic heterocycles. The van der Waals surface area contributed by atoms with Crippen molar-refractivity contribution in [3.63, 3.8) is 0 Å². The van der Waals surface area contributed by atoms with Crippen molar-refractivity contribution in [2.75, 3.05) is 6.54 Å². The molecule has 7 heteroatoms. The number of benzene rings is 1. The first-order valence-corrected chi connectivity index (χ1v) is 8.67. The molecular formula is C19H31FN2O4. The zero-order chi connectivity index (χ0) is 20.3. The third-order valence-corrected chi connectivity index (χ3v) is 3.76. The van der Waals surface area contributed by atoms with Crippen molar-refractivity contribution in [3.8, 4) is 0 Å². The van der Waals surface area contributed by atoms with E-state index in [4.69, 9.17) is 21.7 Å². The van der Waals surface area contributed by atoms with E-state index in [1.165, 1.54) is 13.8 Å². The summed E-state index contributed by atoms with van der Waals surface area (Å²) in [5, 5.41) is 17.2. The molecule has 0 aliphatic carbocycles. The third kappa shape index (κ3) is 10.8. The van der Waals surface area contributed by atoms with Gasteiger partial charge < -0.3 is 21.7 Å². The second-order valence-electron chi connectivity index (χ2n) is 6.93. The highest BCUT2D eigenvalue weighted by atomic mass is 19.1. The smallest absolute Gasteiger partial charge is 0.320 e. The fourth-order valence-electron chi connectivity index (χ4n) is 2.18. The monoisotopic (exact) mass is 370 g/mol. The average molecular weight is 370 g/mol. The van der Waals surface area contributed by atoms with Crippen LogP contribution in [0.5, 0.6) is 0 Å². The Balaban J connectivity index is 0.000000541. The summed E-state index contributed by atoms with van der Waals surface area (Å²) in [4.78, 5) is 20.9. The first kappa shape index (κ1) is 24.0. The molecule has 0 fully saturated rings. The molecule has 1 unspecified atom stereocenters. The summed E-state index contributed by atoms with van der Waals surface area (Å²) in [5.41, 5.74) is 10.8. The maximum absolute atomic E-state index is 13.4. The van der Waals surface area contributed by atoms with Gasteiger partial charge in [0.1, 0.15) is 11.7 Å². The van der Waals surface area contributed by atoms with Crippen LogP contribution in [0.2, 0.25) is 0 Å². The number of hydrogen-bond acceptors (Lipinski definition) is 4. The van der Waals surface area contributed by atoms with Gasteiger partial charge >= 0.3 is 11.9 Å². The van der Waals surface area contributed by atoms with Crippen molar-refractivity contribution in [3.05, 3.63) is 35.4 Å². The normalized spacial score (nSPS) is 13.3. The first-order chi connectivity index (χ1) is 12.0. The number of rotatable bonds is 9. The van der Waals surface area contributed by atoms with Crippen molar-refractivity contribution in [2.45, 2.75) is 64.1 Å². The average Bonchev–Trinajstić information content (AvgIpc) is 2.54. The minimum Gasteiger partial charge on any atom is -0.481 e. The molecule has 0 bridgehead atoms. The van der Waals surface area contributed by atoms with Crippen LogP contribution in [0.1, 0.15) is 57.1 Å². The van der Waals surface area contributed by atoms with E-state index in [0.717, 1.165) is 24.0 Å². The van der Waals surface area contributed by atoms with E-state index >= 15 is 0 Å². The number of carbonyl (C=O) groups is 2. The molecule has 0 amide bonds. The summed E-state index contributed by atoms with van der Waals surface area (Å²) in [5.74, 6) is -2.30. The van der Waals surface area contributed by atoms with Crippen LogP contribution >= 0.6 is 0 Å². The highest BCUT2D eigenvalue weighted by Gasteiger charge is 2.17. The number of unbranched alkanes of at least 4 members (excludes halogenated alkanes) is 1. The van der Waals surface area contributed by atoms with Crippen LogP contribution in [-0.2, 0) is 16.0 Å². The van der Waals surface area contributed by atoms with Crippen LogP contribution in [0.25, 0.3) is 0 Å². The van der Waals surface area contributed by atoms with E-state index in [0.29, 0.717) is 19.4 Å². The third-order valence-electron chi connectivity index (χ3n) is 3.76. The Bertz CT molecular complexity index is 556. The summed E-state index contributed by atoms with van der Waals surface area (Å²) < 4.78 is 13.4. The van der Waals surface area contributed by atoms with Gasteiger partial charge in [0.2, 0.25) is 0 Å². The van der Waals surface area contributed by atoms with Crippen LogP contribution in [-0.4, -0.2) is 40.4 Å². The van der Waals surface area contributed by atoms with Gasteiger partial charge in [-0.15, -0.1) is 0 Å². The fraction of sp³-hybridized carbons (Fsp3) is 0.579. The molecule has 1 rings (SSSR count). The summed E-state index contributed by atoms with van der Waals surface area (Å²) in [6.45, 7) is 5.30. The van der Waals surface area contributed by atoms with E-state index in [1.807, 2.05) is 0 Å². The lowest BCUT2D eigenvalue weighted by Crippen LogP contribution is -2.29. The first-order valence-electron chi connectivity index (χ1n) is 8.67. The number of hydrogen-bond donors (Lipinski definition) is 4. The van der Waals surface area contributed by atoms with Gasteiger partial charge in [-0.2, -0.15) is 0 Å². The van der Waals surface area contributed by atoms with Crippen molar-refractivity contribution in [1.82, 2.24) is 0 Å². The molecule has 0 saturated heterocycles. The van der Waals surface area contributed by atoms with Gasteiger partial charge in [0, 0.05) is 6.42 Å². The Morgan fingerprint density at radius 1 is 1.12 bits per heavy atom. The Morgan fingerprint density at radius 3 is 2.04 bits per heavy atom. The van der Waals surface area contributed by atoms with Crippen LogP contribution in [0.4, 0.5) is 4.39 Å². The number of carboxylic acid groups (broad SMARTS) is 2. The van der Waals surface area contributed by atoms with E-state index in [-0.39, 0.29) is 0 Å². The Labute approximate surface area is 154 Å². The number of nitrogens with two attached hydrogens (primary N) is 2. The van der Waals surface area contributed by atoms with Crippen molar-refractivity contribution in [2.24, 2.45) is 11.5 Å². The highest BCUT2D eigenvalue weighted by molar-refractivity contribution is 5.75. The van der Waals surface area contributed by atoms with E-state index in [2.05, 4.69) is 0 Å². The van der Waals surface area contributed by atoms with Gasteiger partial charge in [0.05, 0.1) is 5.92 Å². The minimum atomic E-state index is -1.24. The molecule has 0 heterocycles. The van der Waals surface area contributed by atoms with Gasteiger partial charge in [-0.05, 0) is 51.3 Å². The maximum atomic E-state index is 13.4. The largest absolute Gasteiger partial charge is 0.481 e. The SMILES string of the molecule is CC(C(=O)O)c1ccc(CC(C)(C)F)cc1.NCCCC[C@H](N)C(=O)O. The minimum absolute atomic E-state index is 0.342. The van der Waals surface area contributed by atoms with E-state index in [1.54, 1.807) is 31.2 Å². The standard InChI is InChI=1S/C13H17FO2.C6H14N2O2/c1-9(12(15)16)11-6-4-10(5-7-11)8-13(2,3)14;7-4-2-1-3-5(8)6(9)10/h4-7,9H,8H2,1-3H3,(H,15,16);5H,1-4,7-8H2,(H,9,10)/t;5-/m.0/s1. The Hall–Kier alpha value is -1.99. The molecule has 0 aliphatic heterocycles. The van der Waals surface area contributed by atoms with Gasteiger partial charge in [-0.1, -0.05) is 30.7 Å². The summed E-state index contributed by atoms with van der Waals surface area (Å²) in [6, 6.07) is 6.36. The molecule has 1 aromatic carbocycles. The molecule has 1 aromatic rings.